The van der Waals surface area contributed by atoms with Crippen molar-refractivity contribution in [1.29, 1.82) is 0 Å². The van der Waals surface area contributed by atoms with Crippen molar-refractivity contribution in [3.63, 3.8) is 0 Å². The zero-order chi connectivity index (χ0) is 10.8. The summed E-state index contributed by atoms with van der Waals surface area (Å²) in [6, 6.07) is 0. The Bertz CT molecular complexity index is 281. The molecule has 0 saturated carbocycles. The molecule has 0 aliphatic carbocycles. The van der Waals surface area contributed by atoms with Crippen molar-refractivity contribution < 1.29 is 0 Å². The van der Waals surface area contributed by atoms with Crippen LogP contribution in [0.15, 0.2) is 17.4 Å². The van der Waals surface area contributed by atoms with E-state index < -0.39 is 0 Å². The highest BCUT2D eigenvalue weighted by atomic mass is 15.7. The summed E-state index contributed by atoms with van der Waals surface area (Å²) in [7, 11) is 0. The Labute approximate surface area is 96.2 Å². The van der Waals surface area contributed by atoms with Gasteiger partial charge in [-0.25, -0.2) is 0 Å². The zero-order valence-corrected chi connectivity index (χ0v) is 9.52. The Balaban J connectivity index is 1.86. The van der Waals surface area contributed by atoms with Gasteiger partial charge in [0.05, 0.1) is 6.54 Å². The van der Waals surface area contributed by atoms with E-state index in [-0.39, 0.29) is 5.79 Å². The Morgan fingerprint density at radius 2 is 2.19 bits per heavy atom. The molecule has 3 aliphatic rings. The third kappa shape index (κ3) is 1.51. The molecular formula is C11H19N5. The van der Waals surface area contributed by atoms with Gasteiger partial charge in [0.15, 0.2) is 5.79 Å². The Morgan fingerprint density at radius 1 is 1.19 bits per heavy atom. The minimum absolute atomic E-state index is 0.141. The van der Waals surface area contributed by atoms with Crippen molar-refractivity contribution in [3.8, 4) is 0 Å². The fourth-order valence-corrected chi connectivity index (χ4v) is 2.68. The molecule has 5 nitrogen and oxygen atoms in total. The third-order valence-corrected chi connectivity index (χ3v) is 3.50. The predicted molar refractivity (Wildman–Crippen MR) is 63.9 cm³/mol. The minimum Gasteiger partial charge on any atom is -0.341 e. The smallest absolute Gasteiger partial charge is 0.196 e. The molecule has 0 amide bonds. The van der Waals surface area contributed by atoms with E-state index in [0.29, 0.717) is 0 Å². The van der Waals surface area contributed by atoms with Crippen LogP contribution in [0.25, 0.3) is 0 Å². The van der Waals surface area contributed by atoms with E-state index in [1.807, 2.05) is 6.21 Å². The molecule has 3 heterocycles. The zero-order valence-electron chi connectivity index (χ0n) is 9.52. The van der Waals surface area contributed by atoms with E-state index in [9.17, 15) is 0 Å². The number of rotatable bonds is 2. The number of hydrogen-bond acceptors (Lipinski definition) is 5. The molecule has 0 aromatic heterocycles. The van der Waals surface area contributed by atoms with E-state index in [4.69, 9.17) is 0 Å². The Morgan fingerprint density at radius 3 is 2.81 bits per heavy atom. The molecule has 0 aromatic carbocycles. The van der Waals surface area contributed by atoms with Crippen LogP contribution in [0.4, 0.5) is 0 Å². The molecule has 0 aromatic rings. The largest absolute Gasteiger partial charge is 0.341 e. The van der Waals surface area contributed by atoms with Gasteiger partial charge >= 0.3 is 0 Å². The van der Waals surface area contributed by atoms with E-state index in [1.165, 1.54) is 0 Å². The number of hydrogen-bond donors (Lipinski definition) is 2. The van der Waals surface area contributed by atoms with Crippen LogP contribution in [0.2, 0.25) is 0 Å². The lowest BCUT2D eigenvalue weighted by molar-refractivity contribution is -0.0575. The maximum atomic E-state index is 4.51. The van der Waals surface area contributed by atoms with Gasteiger partial charge in [-0.3, -0.25) is 10.3 Å². The van der Waals surface area contributed by atoms with E-state index >= 15 is 0 Å². The van der Waals surface area contributed by atoms with Gasteiger partial charge < -0.3 is 10.2 Å². The second-order valence-corrected chi connectivity index (χ2v) is 4.50. The molecule has 88 valence electrons. The first-order valence-electron chi connectivity index (χ1n) is 6.11. The van der Waals surface area contributed by atoms with Gasteiger partial charge in [-0.2, -0.15) is 5.10 Å². The van der Waals surface area contributed by atoms with Crippen LogP contribution >= 0.6 is 0 Å². The Kier molecular flexibility index (Phi) is 2.57. The lowest BCUT2D eigenvalue weighted by Crippen LogP contribution is -2.73. The minimum atomic E-state index is -0.141. The fourth-order valence-electron chi connectivity index (χ4n) is 2.68. The van der Waals surface area contributed by atoms with Crippen LogP contribution in [0, 0.1) is 0 Å². The monoisotopic (exact) mass is 221 g/mol. The molecule has 3 rings (SSSR count). The summed E-state index contributed by atoms with van der Waals surface area (Å²) >= 11 is 0. The lowest BCUT2D eigenvalue weighted by atomic mass is 10.2. The maximum absolute atomic E-state index is 4.51. The summed E-state index contributed by atoms with van der Waals surface area (Å²) < 4.78 is 0. The summed E-state index contributed by atoms with van der Waals surface area (Å²) in [5, 5.41) is 13.8. The highest BCUT2D eigenvalue weighted by molar-refractivity contribution is 5.58. The highest BCUT2D eigenvalue weighted by Crippen LogP contribution is 2.25. The van der Waals surface area contributed by atoms with Crippen LogP contribution in [0.1, 0.15) is 12.8 Å². The molecule has 0 spiro atoms. The molecule has 1 saturated heterocycles. The van der Waals surface area contributed by atoms with Crippen molar-refractivity contribution in [3.05, 3.63) is 12.3 Å². The molecule has 1 unspecified atom stereocenters. The van der Waals surface area contributed by atoms with Gasteiger partial charge in [-0.15, -0.1) is 0 Å². The first kappa shape index (κ1) is 10.1. The summed E-state index contributed by atoms with van der Waals surface area (Å²) in [5.74, 6) is -0.141. The molecule has 1 atom stereocenters. The predicted octanol–water partition coefficient (Wildman–Crippen LogP) is -0.256. The first-order chi connectivity index (χ1) is 7.92. The number of nitrogens with zero attached hydrogens (tertiary/aromatic N) is 3. The van der Waals surface area contributed by atoms with Gasteiger partial charge in [0, 0.05) is 38.8 Å². The van der Waals surface area contributed by atoms with Crippen molar-refractivity contribution >= 4 is 6.21 Å². The van der Waals surface area contributed by atoms with Gasteiger partial charge in [0.2, 0.25) is 0 Å². The SMILES string of the molecule is C1=CN(C2(N3CCC=N3)CNCCN2)CC1. The van der Waals surface area contributed by atoms with Crippen LogP contribution in [-0.2, 0) is 0 Å². The summed E-state index contributed by atoms with van der Waals surface area (Å²) in [5.41, 5.74) is 0. The lowest BCUT2D eigenvalue weighted by Gasteiger charge is -2.49. The fraction of sp³-hybridized carbons (Fsp3) is 0.727. The molecule has 3 aliphatic heterocycles. The van der Waals surface area contributed by atoms with Gasteiger partial charge in [0.25, 0.3) is 0 Å². The second-order valence-electron chi connectivity index (χ2n) is 4.50. The van der Waals surface area contributed by atoms with Crippen LogP contribution in [0.5, 0.6) is 0 Å². The van der Waals surface area contributed by atoms with Crippen molar-refractivity contribution in [2.45, 2.75) is 18.6 Å². The molecule has 1 fully saturated rings. The average molecular weight is 221 g/mol. The van der Waals surface area contributed by atoms with Crippen molar-refractivity contribution in [1.82, 2.24) is 20.5 Å². The molecule has 5 heteroatoms. The molecular weight excluding hydrogens is 202 g/mol. The normalized spacial score (nSPS) is 34.0. The van der Waals surface area contributed by atoms with E-state index in [0.717, 1.165) is 45.6 Å². The topological polar surface area (TPSA) is 42.9 Å². The van der Waals surface area contributed by atoms with Crippen LogP contribution in [-0.4, -0.2) is 54.6 Å². The van der Waals surface area contributed by atoms with Crippen molar-refractivity contribution in [2.24, 2.45) is 5.10 Å². The van der Waals surface area contributed by atoms with Gasteiger partial charge in [-0.1, -0.05) is 6.08 Å². The molecule has 0 bridgehead atoms. The standard InChI is InChI=1S/C11H19N5/c1-2-8-15(7-1)11(10-12-5-6-13-11)16-9-3-4-14-16/h1,4,7,12-13H,2-3,5-6,8-10H2. The average Bonchev–Trinajstić information content (AvgIpc) is 3.04. The number of piperazine rings is 1. The highest BCUT2D eigenvalue weighted by Gasteiger charge is 2.43. The number of hydrazone groups is 1. The summed E-state index contributed by atoms with van der Waals surface area (Å²) in [6.45, 7) is 5.06. The maximum Gasteiger partial charge on any atom is 0.196 e. The van der Waals surface area contributed by atoms with E-state index in [1.54, 1.807) is 0 Å². The summed E-state index contributed by atoms with van der Waals surface area (Å²) in [4.78, 5) is 2.38. The first-order valence-corrected chi connectivity index (χ1v) is 6.11. The second kappa shape index (κ2) is 4.07. The number of nitrogens with one attached hydrogen (secondary N) is 2. The molecule has 16 heavy (non-hydrogen) atoms. The van der Waals surface area contributed by atoms with Gasteiger partial charge in [0.1, 0.15) is 0 Å². The van der Waals surface area contributed by atoms with Gasteiger partial charge in [-0.05, 0) is 12.6 Å². The molecule has 0 radical (unpaired) electrons. The third-order valence-electron chi connectivity index (χ3n) is 3.50. The van der Waals surface area contributed by atoms with Crippen molar-refractivity contribution in [2.75, 3.05) is 32.7 Å². The molecule has 2 N–H and O–H groups in total. The quantitative estimate of drug-likeness (QED) is 0.674. The van der Waals surface area contributed by atoms with Crippen LogP contribution in [0.3, 0.4) is 0 Å². The summed E-state index contributed by atoms with van der Waals surface area (Å²) in [6.07, 6.45) is 8.64. The van der Waals surface area contributed by atoms with Crippen LogP contribution < -0.4 is 10.6 Å². The Hall–Kier alpha value is -1.07. The van der Waals surface area contributed by atoms with E-state index in [2.05, 4.69) is 37.9 Å².